The van der Waals surface area contributed by atoms with Crippen molar-refractivity contribution < 1.29 is 19.1 Å². The van der Waals surface area contributed by atoms with Gasteiger partial charge in [-0.2, -0.15) is 0 Å². The molecule has 0 unspecified atom stereocenters. The molecule has 2 fully saturated rings. The van der Waals surface area contributed by atoms with Crippen LogP contribution in [0.4, 0.5) is 5.69 Å². The molecule has 1 saturated heterocycles. The van der Waals surface area contributed by atoms with Crippen LogP contribution in [0, 0.1) is 11.8 Å². The molecule has 2 heterocycles. The number of likely N-dealkylation sites (N-methyl/N-ethyl adjacent to an activating group) is 1. The lowest BCUT2D eigenvalue weighted by Gasteiger charge is -2.36. The normalized spacial score (nSPS) is 25.3. The summed E-state index contributed by atoms with van der Waals surface area (Å²) < 4.78 is 10.6. The molecule has 27 heavy (non-hydrogen) atoms. The van der Waals surface area contributed by atoms with Crippen LogP contribution in [0.5, 0.6) is 11.5 Å². The quantitative estimate of drug-likeness (QED) is 0.877. The minimum Gasteiger partial charge on any atom is -0.454 e. The van der Waals surface area contributed by atoms with Gasteiger partial charge in [-0.15, -0.1) is 0 Å². The molecule has 7 nitrogen and oxygen atoms in total. The number of hydrogen-bond donors (Lipinski definition) is 1. The maximum atomic E-state index is 12.7. The number of carbonyl (C=O) groups excluding carboxylic acids is 2. The van der Waals surface area contributed by atoms with Crippen LogP contribution in [-0.4, -0.2) is 61.6 Å². The summed E-state index contributed by atoms with van der Waals surface area (Å²) >= 11 is 0. The molecular formula is C20H27N3O4. The van der Waals surface area contributed by atoms with Gasteiger partial charge >= 0.3 is 0 Å². The fourth-order valence-electron chi connectivity index (χ4n) is 4.11. The molecule has 3 aliphatic rings. The summed E-state index contributed by atoms with van der Waals surface area (Å²) in [5, 5.41) is 2.98. The van der Waals surface area contributed by atoms with Crippen LogP contribution in [0.25, 0.3) is 0 Å². The largest absolute Gasteiger partial charge is 0.454 e. The van der Waals surface area contributed by atoms with Crippen molar-refractivity contribution in [3.05, 3.63) is 18.2 Å². The molecule has 2 aliphatic heterocycles. The number of ether oxygens (including phenoxy) is 2. The number of benzene rings is 1. The lowest BCUT2D eigenvalue weighted by Crippen LogP contribution is -2.49. The second kappa shape index (κ2) is 7.76. The molecule has 146 valence electrons. The van der Waals surface area contributed by atoms with Crippen LogP contribution in [0.3, 0.4) is 0 Å². The third-order valence-corrected chi connectivity index (χ3v) is 5.90. The topological polar surface area (TPSA) is 71.1 Å². The van der Waals surface area contributed by atoms with Crippen LogP contribution in [0.1, 0.15) is 25.7 Å². The molecule has 7 heteroatoms. The monoisotopic (exact) mass is 373 g/mol. The van der Waals surface area contributed by atoms with Gasteiger partial charge in [0.25, 0.3) is 0 Å². The molecule has 1 aliphatic carbocycles. The molecule has 1 aromatic rings. The number of carbonyl (C=O) groups is 2. The molecule has 2 amide bonds. The maximum absolute atomic E-state index is 12.7. The van der Waals surface area contributed by atoms with E-state index in [9.17, 15) is 9.59 Å². The number of piperazine rings is 1. The Bertz CT molecular complexity index is 707. The van der Waals surface area contributed by atoms with Crippen molar-refractivity contribution in [2.45, 2.75) is 25.7 Å². The minimum atomic E-state index is -0.0352. The van der Waals surface area contributed by atoms with Crippen molar-refractivity contribution in [3.63, 3.8) is 0 Å². The first-order valence-corrected chi connectivity index (χ1v) is 9.78. The van der Waals surface area contributed by atoms with Gasteiger partial charge < -0.3 is 24.6 Å². The minimum absolute atomic E-state index is 0.0272. The second-order valence-electron chi connectivity index (χ2n) is 7.73. The number of anilines is 1. The average Bonchev–Trinajstić information content (AvgIpc) is 3.16. The summed E-state index contributed by atoms with van der Waals surface area (Å²) in [6.45, 7) is 3.75. The van der Waals surface area contributed by atoms with Crippen LogP contribution in [0.15, 0.2) is 18.2 Å². The Labute approximate surface area is 159 Å². The van der Waals surface area contributed by atoms with Crippen LogP contribution >= 0.6 is 0 Å². The highest BCUT2D eigenvalue weighted by Crippen LogP contribution is 2.35. The molecule has 1 saturated carbocycles. The van der Waals surface area contributed by atoms with E-state index in [0.29, 0.717) is 11.5 Å². The summed E-state index contributed by atoms with van der Waals surface area (Å²) in [7, 11) is 2.09. The van der Waals surface area contributed by atoms with E-state index in [1.54, 1.807) is 6.07 Å². The molecule has 0 spiro atoms. The van der Waals surface area contributed by atoms with E-state index in [0.717, 1.165) is 57.5 Å². The predicted octanol–water partition coefficient (Wildman–Crippen LogP) is 1.93. The van der Waals surface area contributed by atoms with E-state index >= 15 is 0 Å². The van der Waals surface area contributed by atoms with Gasteiger partial charge in [-0.25, -0.2) is 0 Å². The van der Waals surface area contributed by atoms with Crippen LogP contribution < -0.4 is 14.8 Å². The van der Waals surface area contributed by atoms with E-state index < -0.39 is 0 Å². The van der Waals surface area contributed by atoms with Gasteiger partial charge in [0, 0.05) is 49.8 Å². The molecule has 0 radical (unpaired) electrons. The number of rotatable bonds is 3. The molecule has 0 bridgehead atoms. The first kappa shape index (κ1) is 18.1. The lowest BCUT2D eigenvalue weighted by molar-refractivity contribution is -0.139. The molecule has 0 aromatic heterocycles. The third kappa shape index (κ3) is 4.03. The van der Waals surface area contributed by atoms with Crippen LogP contribution in [-0.2, 0) is 9.59 Å². The first-order chi connectivity index (χ1) is 13.1. The van der Waals surface area contributed by atoms with Crippen molar-refractivity contribution in [3.8, 4) is 11.5 Å². The van der Waals surface area contributed by atoms with E-state index in [4.69, 9.17) is 9.47 Å². The summed E-state index contributed by atoms with van der Waals surface area (Å²) in [6, 6.07) is 5.43. The third-order valence-electron chi connectivity index (χ3n) is 5.90. The van der Waals surface area contributed by atoms with Gasteiger partial charge in [0.05, 0.1) is 0 Å². The summed E-state index contributed by atoms with van der Waals surface area (Å²) in [5.74, 6) is 1.71. The Morgan fingerprint density at radius 2 is 1.63 bits per heavy atom. The Balaban J connectivity index is 1.27. The lowest BCUT2D eigenvalue weighted by atomic mass is 9.80. The van der Waals surface area contributed by atoms with Gasteiger partial charge in [0.1, 0.15) is 0 Å². The van der Waals surface area contributed by atoms with E-state index in [1.165, 1.54) is 0 Å². The zero-order chi connectivity index (χ0) is 18.8. The van der Waals surface area contributed by atoms with Crippen molar-refractivity contribution in [2.75, 3.05) is 45.3 Å². The molecule has 4 rings (SSSR count). The standard InChI is InChI=1S/C20H27N3O4/c1-22-8-10-23(11-9-22)20(25)15-4-2-14(3-5-15)19(24)21-16-6-7-17-18(12-16)27-13-26-17/h6-7,12,14-15H,2-5,8-11,13H2,1H3,(H,21,24). The Kier molecular flexibility index (Phi) is 5.20. The number of hydrogen-bond acceptors (Lipinski definition) is 5. The zero-order valence-corrected chi connectivity index (χ0v) is 15.8. The summed E-state index contributed by atoms with van der Waals surface area (Å²) in [6.07, 6.45) is 3.12. The smallest absolute Gasteiger partial charge is 0.231 e. The molecule has 1 aromatic carbocycles. The summed E-state index contributed by atoms with van der Waals surface area (Å²) in [4.78, 5) is 29.6. The number of nitrogens with zero attached hydrogens (tertiary/aromatic N) is 2. The Morgan fingerprint density at radius 1 is 0.963 bits per heavy atom. The highest BCUT2D eigenvalue weighted by Gasteiger charge is 2.33. The van der Waals surface area contributed by atoms with Gasteiger partial charge in [0.2, 0.25) is 18.6 Å². The number of nitrogens with one attached hydrogen (secondary N) is 1. The van der Waals surface area contributed by atoms with Crippen molar-refractivity contribution in [2.24, 2.45) is 11.8 Å². The zero-order valence-electron chi connectivity index (χ0n) is 15.8. The van der Waals surface area contributed by atoms with E-state index in [2.05, 4.69) is 17.3 Å². The van der Waals surface area contributed by atoms with Crippen molar-refractivity contribution in [1.29, 1.82) is 0 Å². The van der Waals surface area contributed by atoms with Crippen molar-refractivity contribution in [1.82, 2.24) is 9.80 Å². The average molecular weight is 373 g/mol. The Hall–Kier alpha value is -2.28. The predicted molar refractivity (Wildman–Crippen MR) is 101 cm³/mol. The van der Waals surface area contributed by atoms with Gasteiger partial charge in [-0.05, 0) is 44.9 Å². The molecule has 1 N–H and O–H groups in total. The van der Waals surface area contributed by atoms with Gasteiger partial charge in [-0.1, -0.05) is 0 Å². The number of fused-ring (bicyclic) bond motifs is 1. The van der Waals surface area contributed by atoms with Crippen molar-refractivity contribution >= 4 is 17.5 Å². The highest BCUT2D eigenvalue weighted by molar-refractivity contribution is 5.93. The van der Waals surface area contributed by atoms with Gasteiger partial charge in [0.15, 0.2) is 11.5 Å². The van der Waals surface area contributed by atoms with E-state index in [-0.39, 0.29) is 30.4 Å². The molecule has 0 atom stereocenters. The van der Waals surface area contributed by atoms with Crippen LogP contribution in [0.2, 0.25) is 0 Å². The second-order valence-corrected chi connectivity index (χ2v) is 7.73. The maximum Gasteiger partial charge on any atom is 0.231 e. The highest BCUT2D eigenvalue weighted by atomic mass is 16.7. The Morgan fingerprint density at radius 3 is 2.37 bits per heavy atom. The number of amides is 2. The fraction of sp³-hybridized carbons (Fsp3) is 0.600. The SMILES string of the molecule is CN1CCN(C(=O)C2CCC(C(=O)Nc3ccc4c(c3)OCO4)CC2)CC1. The molecular weight excluding hydrogens is 346 g/mol. The fourth-order valence-corrected chi connectivity index (χ4v) is 4.11. The first-order valence-electron chi connectivity index (χ1n) is 9.78. The van der Waals surface area contributed by atoms with Gasteiger partial charge in [-0.3, -0.25) is 9.59 Å². The van der Waals surface area contributed by atoms with E-state index in [1.807, 2.05) is 17.0 Å². The summed E-state index contributed by atoms with van der Waals surface area (Å²) in [5.41, 5.74) is 0.722.